The monoisotopic (exact) mass is 450 g/mol. The van der Waals surface area contributed by atoms with Gasteiger partial charge in [0.15, 0.2) is 0 Å². The summed E-state index contributed by atoms with van der Waals surface area (Å²) >= 11 is 6.19. The molecule has 1 heterocycles. The van der Waals surface area contributed by atoms with Crippen molar-refractivity contribution in [3.05, 3.63) is 83.9 Å². The fraction of sp³-hybridized carbons (Fsp3) is 0.308. The number of halogens is 1. The molecule has 166 valence electrons. The highest BCUT2D eigenvalue weighted by atomic mass is 35.5. The van der Waals surface area contributed by atoms with Crippen molar-refractivity contribution in [1.29, 1.82) is 0 Å². The molecule has 1 unspecified atom stereocenters. The van der Waals surface area contributed by atoms with Gasteiger partial charge in [0.25, 0.3) is 0 Å². The van der Waals surface area contributed by atoms with E-state index in [9.17, 15) is 14.7 Å². The van der Waals surface area contributed by atoms with Crippen molar-refractivity contribution < 1.29 is 14.7 Å². The van der Waals surface area contributed by atoms with Crippen LogP contribution < -0.4 is 0 Å². The van der Waals surface area contributed by atoms with Gasteiger partial charge in [-0.25, -0.2) is 4.79 Å². The number of hydrogen-bond donors (Lipinski definition) is 1. The average Bonchev–Trinajstić information content (AvgIpc) is 2.80. The third-order valence-electron chi connectivity index (χ3n) is 6.53. The first-order valence-electron chi connectivity index (χ1n) is 11.0. The standard InChI is InChI=1S/C26H27ClN2O3/c1-18(21-14-7-12-20-11-5-6-13-22(20)21)29(25(27)30)23-15-8-16-28(26(31)32)24(23)17-19-9-3-2-4-10-19/h2-7,9-14,18,23-24H,8,15-17H2,1H3,(H,31,32)/t18-,23?,24+/m1/s1. The van der Waals surface area contributed by atoms with Crippen molar-refractivity contribution >= 4 is 33.8 Å². The molecule has 32 heavy (non-hydrogen) atoms. The fourth-order valence-corrected chi connectivity index (χ4v) is 5.31. The summed E-state index contributed by atoms with van der Waals surface area (Å²) in [6, 6.07) is 22.9. The normalized spacial score (nSPS) is 19.5. The molecule has 3 aromatic carbocycles. The van der Waals surface area contributed by atoms with E-state index >= 15 is 0 Å². The summed E-state index contributed by atoms with van der Waals surface area (Å²) in [5.41, 5.74) is 2.04. The maximum absolute atomic E-state index is 12.8. The Morgan fingerprint density at radius 1 is 1.06 bits per heavy atom. The van der Waals surface area contributed by atoms with Gasteiger partial charge < -0.3 is 14.9 Å². The van der Waals surface area contributed by atoms with Crippen LogP contribution in [0.1, 0.15) is 36.9 Å². The molecule has 0 radical (unpaired) electrons. The van der Waals surface area contributed by atoms with Gasteiger partial charge in [0.1, 0.15) is 0 Å². The zero-order valence-electron chi connectivity index (χ0n) is 18.0. The van der Waals surface area contributed by atoms with E-state index in [0.717, 1.165) is 21.9 Å². The van der Waals surface area contributed by atoms with Crippen LogP contribution in [0.15, 0.2) is 72.8 Å². The zero-order valence-corrected chi connectivity index (χ0v) is 18.8. The molecule has 5 nitrogen and oxygen atoms in total. The predicted molar refractivity (Wildman–Crippen MR) is 127 cm³/mol. The largest absolute Gasteiger partial charge is 0.465 e. The van der Waals surface area contributed by atoms with Gasteiger partial charge in [-0.05, 0) is 59.7 Å². The molecule has 0 aliphatic carbocycles. The number of rotatable bonds is 5. The molecule has 2 amide bonds. The van der Waals surface area contributed by atoms with Crippen LogP contribution in [-0.2, 0) is 6.42 Å². The SMILES string of the molecule is C[C@H](c1cccc2ccccc12)N(C(=O)Cl)C1CCCN(C(=O)O)[C@H]1Cc1ccccc1. The second-order valence-corrected chi connectivity index (χ2v) is 8.67. The Morgan fingerprint density at radius 2 is 1.75 bits per heavy atom. The summed E-state index contributed by atoms with van der Waals surface area (Å²) in [4.78, 5) is 28.1. The van der Waals surface area contributed by atoms with E-state index in [2.05, 4.69) is 0 Å². The Kier molecular flexibility index (Phi) is 6.66. The summed E-state index contributed by atoms with van der Waals surface area (Å²) in [5, 5.41) is 11.5. The molecular weight excluding hydrogens is 424 g/mol. The maximum atomic E-state index is 12.8. The minimum atomic E-state index is -0.963. The van der Waals surface area contributed by atoms with Crippen LogP contribution >= 0.6 is 11.6 Å². The van der Waals surface area contributed by atoms with Gasteiger partial charge in [-0.15, -0.1) is 0 Å². The van der Waals surface area contributed by atoms with Gasteiger partial charge in [0, 0.05) is 6.54 Å². The molecule has 0 spiro atoms. The van der Waals surface area contributed by atoms with Gasteiger partial charge in [-0.3, -0.25) is 4.79 Å². The third-order valence-corrected chi connectivity index (χ3v) is 6.72. The molecule has 4 rings (SSSR count). The molecule has 1 aliphatic heterocycles. The van der Waals surface area contributed by atoms with Gasteiger partial charge >= 0.3 is 11.5 Å². The van der Waals surface area contributed by atoms with Crippen molar-refractivity contribution in [3.8, 4) is 0 Å². The number of hydrogen-bond acceptors (Lipinski definition) is 2. The van der Waals surface area contributed by atoms with Gasteiger partial charge in [0.05, 0.1) is 18.1 Å². The van der Waals surface area contributed by atoms with Crippen molar-refractivity contribution in [1.82, 2.24) is 9.80 Å². The zero-order chi connectivity index (χ0) is 22.7. The van der Waals surface area contributed by atoms with Crippen molar-refractivity contribution in [2.75, 3.05) is 6.54 Å². The minimum absolute atomic E-state index is 0.303. The van der Waals surface area contributed by atoms with Crippen LogP contribution in [0, 0.1) is 0 Å². The lowest BCUT2D eigenvalue weighted by Gasteiger charge is -2.46. The molecule has 3 atom stereocenters. The van der Waals surface area contributed by atoms with Crippen molar-refractivity contribution in [3.63, 3.8) is 0 Å². The van der Waals surface area contributed by atoms with Crippen LogP contribution in [0.5, 0.6) is 0 Å². The van der Waals surface area contributed by atoms with E-state index < -0.39 is 11.5 Å². The van der Waals surface area contributed by atoms with E-state index in [-0.39, 0.29) is 18.1 Å². The number of likely N-dealkylation sites (tertiary alicyclic amines) is 1. The van der Waals surface area contributed by atoms with E-state index in [1.54, 1.807) is 4.90 Å². The van der Waals surface area contributed by atoms with Gasteiger partial charge in [-0.1, -0.05) is 72.8 Å². The summed E-state index contributed by atoms with van der Waals surface area (Å²) in [6.07, 6.45) is 0.955. The Morgan fingerprint density at radius 3 is 2.47 bits per heavy atom. The molecular formula is C26H27ClN2O3. The molecule has 1 saturated heterocycles. The van der Waals surface area contributed by atoms with Crippen LogP contribution in [-0.4, -0.2) is 45.0 Å². The smallest absolute Gasteiger partial charge is 0.407 e. The lowest BCUT2D eigenvalue weighted by Crippen LogP contribution is -2.58. The summed E-state index contributed by atoms with van der Waals surface area (Å²) in [5.74, 6) is 0. The number of piperidine rings is 1. The first-order chi connectivity index (χ1) is 15.5. The lowest BCUT2D eigenvalue weighted by molar-refractivity contribution is 0.0464. The Bertz CT molecular complexity index is 1100. The molecule has 0 aromatic heterocycles. The van der Waals surface area contributed by atoms with Crippen molar-refractivity contribution in [2.24, 2.45) is 0 Å². The number of nitrogens with zero attached hydrogens (tertiary/aromatic N) is 2. The minimum Gasteiger partial charge on any atom is -0.465 e. The average molecular weight is 451 g/mol. The molecule has 0 saturated carbocycles. The van der Waals surface area contributed by atoms with Gasteiger partial charge in [-0.2, -0.15) is 0 Å². The molecule has 3 aromatic rings. The van der Waals surface area contributed by atoms with Gasteiger partial charge in [0.2, 0.25) is 0 Å². The molecule has 6 heteroatoms. The maximum Gasteiger partial charge on any atom is 0.407 e. The van der Waals surface area contributed by atoms with Crippen LogP contribution in [0.25, 0.3) is 10.8 Å². The Hall–Kier alpha value is -3.05. The second kappa shape index (κ2) is 9.61. The first-order valence-corrected chi connectivity index (χ1v) is 11.3. The lowest BCUT2D eigenvalue weighted by atomic mass is 9.88. The number of benzene rings is 3. The van der Waals surface area contributed by atoms with E-state index in [1.807, 2.05) is 79.7 Å². The fourth-order valence-electron chi connectivity index (χ4n) is 5.03. The topological polar surface area (TPSA) is 60.9 Å². The molecule has 1 fully saturated rings. The van der Waals surface area contributed by atoms with E-state index in [1.165, 1.54) is 4.90 Å². The van der Waals surface area contributed by atoms with Crippen LogP contribution in [0.3, 0.4) is 0 Å². The highest BCUT2D eigenvalue weighted by molar-refractivity contribution is 6.62. The predicted octanol–water partition coefficient (Wildman–Crippen LogP) is 6.32. The van der Waals surface area contributed by atoms with Crippen LogP contribution in [0.4, 0.5) is 9.59 Å². The third kappa shape index (κ3) is 4.44. The molecule has 1 N–H and O–H groups in total. The number of carbonyl (C=O) groups is 2. The number of carboxylic acid groups (broad SMARTS) is 1. The first kappa shape index (κ1) is 22.2. The number of amides is 2. The summed E-state index contributed by atoms with van der Waals surface area (Å²) < 4.78 is 0. The van der Waals surface area contributed by atoms with Crippen LogP contribution in [0.2, 0.25) is 0 Å². The van der Waals surface area contributed by atoms with Crippen molar-refractivity contribution in [2.45, 2.75) is 44.3 Å². The Balaban J connectivity index is 1.74. The Labute approximate surface area is 193 Å². The quantitative estimate of drug-likeness (QED) is 0.365. The molecule has 0 bridgehead atoms. The summed E-state index contributed by atoms with van der Waals surface area (Å²) in [7, 11) is 0. The van der Waals surface area contributed by atoms with E-state index in [4.69, 9.17) is 11.6 Å². The second-order valence-electron chi connectivity index (χ2n) is 8.35. The highest BCUT2D eigenvalue weighted by Gasteiger charge is 2.41. The number of carbonyl (C=O) groups excluding carboxylic acids is 1. The molecule has 1 aliphatic rings. The number of fused-ring (bicyclic) bond motifs is 1. The van der Waals surface area contributed by atoms with E-state index in [0.29, 0.717) is 25.8 Å². The highest BCUT2D eigenvalue weighted by Crippen LogP contribution is 2.35. The summed E-state index contributed by atoms with van der Waals surface area (Å²) in [6.45, 7) is 2.43.